The van der Waals surface area contributed by atoms with E-state index >= 15 is 0 Å². The standard InChI is InChI=1S/C16H24O/c1-16(2,3)11-10-15(17)14-8-6-13(7-9-14)12-4-5-12/h6-9,12,15,17H,4-5,10-11H2,1-3H3. The molecule has 94 valence electrons. The number of rotatable bonds is 4. The van der Waals surface area contributed by atoms with Gasteiger partial charge in [-0.05, 0) is 48.1 Å². The highest BCUT2D eigenvalue weighted by molar-refractivity contribution is 5.29. The molecule has 0 heterocycles. The fourth-order valence-electron chi connectivity index (χ4n) is 2.14. The number of aliphatic hydroxyl groups excluding tert-OH is 1. The van der Waals surface area contributed by atoms with Crippen LogP contribution in [0.2, 0.25) is 0 Å². The van der Waals surface area contributed by atoms with Crippen molar-refractivity contribution in [2.24, 2.45) is 5.41 Å². The first-order chi connectivity index (χ1) is 7.96. The van der Waals surface area contributed by atoms with Crippen LogP contribution in [0.15, 0.2) is 24.3 Å². The van der Waals surface area contributed by atoms with Crippen molar-refractivity contribution in [3.8, 4) is 0 Å². The maximum atomic E-state index is 10.1. The highest BCUT2D eigenvalue weighted by Crippen LogP contribution is 2.40. The molecule has 17 heavy (non-hydrogen) atoms. The highest BCUT2D eigenvalue weighted by atomic mass is 16.3. The van der Waals surface area contributed by atoms with E-state index in [9.17, 15) is 5.11 Å². The summed E-state index contributed by atoms with van der Waals surface area (Å²) in [5.41, 5.74) is 2.81. The molecule has 1 N–H and O–H groups in total. The quantitative estimate of drug-likeness (QED) is 0.814. The Kier molecular flexibility index (Phi) is 3.58. The van der Waals surface area contributed by atoms with E-state index in [4.69, 9.17) is 0 Å². The summed E-state index contributed by atoms with van der Waals surface area (Å²) in [4.78, 5) is 0. The summed E-state index contributed by atoms with van der Waals surface area (Å²) in [6.45, 7) is 6.65. The van der Waals surface area contributed by atoms with Gasteiger partial charge in [-0.25, -0.2) is 0 Å². The van der Waals surface area contributed by atoms with Crippen molar-refractivity contribution in [1.82, 2.24) is 0 Å². The van der Waals surface area contributed by atoms with E-state index < -0.39 is 0 Å². The molecule has 0 saturated heterocycles. The van der Waals surface area contributed by atoms with E-state index in [-0.39, 0.29) is 6.10 Å². The molecule has 1 atom stereocenters. The molecule has 1 heteroatoms. The van der Waals surface area contributed by atoms with E-state index in [0.29, 0.717) is 5.41 Å². The summed E-state index contributed by atoms with van der Waals surface area (Å²) < 4.78 is 0. The van der Waals surface area contributed by atoms with Gasteiger partial charge in [0.1, 0.15) is 0 Å². The normalized spacial score (nSPS) is 18.1. The van der Waals surface area contributed by atoms with E-state index in [1.165, 1.54) is 18.4 Å². The number of hydrogen-bond donors (Lipinski definition) is 1. The summed E-state index contributed by atoms with van der Waals surface area (Å²) in [6.07, 6.45) is 4.28. The summed E-state index contributed by atoms with van der Waals surface area (Å²) in [5.74, 6) is 0.802. The van der Waals surface area contributed by atoms with Crippen LogP contribution in [0.25, 0.3) is 0 Å². The molecule has 1 unspecified atom stereocenters. The molecule has 1 saturated carbocycles. The lowest BCUT2D eigenvalue weighted by molar-refractivity contribution is 0.147. The minimum absolute atomic E-state index is 0.301. The van der Waals surface area contributed by atoms with Crippen molar-refractivity contribution in [3.63, 3.8) is 0 Å². The predicted octanol–water partition coefficient (Wildman–Crippen LogP) is 4.42. The van der Waals surface area contributed by atoms with Crippen molar-refractivity contribution in [3.05, 3.63) is 35.4 Å². The molecule has 1 nitrogen and oxygen atoms in total. The van der Waals surface area contributed by atoms with E-state index in [2.05, 4.69) is 45.0 Å². The summed E-state index contributed by atoms with van der Waals surface area (Å²) in [5, 5.41) is 10.1. The van der Waals surface area contributed by atoms with Gasteiger partial charge >= 0.3 is 0 Å². The van der Waals surface area contributed by atoms with Crippen LogP contribution < -0.4 is 0 Å². The van der Waals surface area contributed by atoms with E-state index in [0.717, 1.165) is 24.3 Å². The van der Waals surface area contributed by atoms with Crippen LogP contribution in [0.3, 0.4) is 0 Å². The average molecular weight is 232 g/mol. The van der Waals surface area contributed by atoms with Gasteiger partial charge in [0.2, 0.25) is 0 Å². The highest BCUT2D eigenvalue weighted by Gasteiger charge is 2.23. The molecule has 0 spiro atoms. The first-order valence-corrected chi connectivity index (χ1v) is 6.74. The van der Waals surface area contributed by atoms with Crippen molar-refractivity contribution in [1.29, 1.82) is 0 Å². The molecular weight excluding hydrogens is 208 g/mol. The molecule has 1 aliphatic rings. The van der Waals surface area contributed by atoms with Gasteiger partial charge in [0.05, 0.1) is 6.10 Å². The monoisotopic (exact) mass is 232 g/mol. The fraction of sp³-hybridized carbons (Fsp3) is 0.625. The lowest BCUT2D eigenvalue weighted by atomic mass is 9.88. The molecule has 0 amide bonds. The Morgan fingerprint density at radius 2 is 1.76 bits per heavy atom. The second-order valence-corrected chi connectivity index (χ2v) is 6.56. The summed E-state index contributed by atoms with van der Waals surface area (Å²) in [6, 6.07) is 8.57. The van der Waals surface area contributed by atoms with Crippen LogP contribution in [0.5, 0.6) is 0 Å². The first-order valence-electron chi connectivity index (χ1n) is 6.74. The van der Waals surface area contributed by atoms with Crippen molar-refractivity contribution >= 4 is 0 Å². The molecular formula is C16H24O. The molecule has 1 aromatic rings. The van der Waals surface area contributed by atoms with Gasteiger partial charge in [-0.15, -0.1) is 0 Å². The number of aliphatic hydroxyl groups is 1. The molecule has 0 aromatic heterocycles. The van der Waals surface area contributed by atoms with Gasteiger partial charge in [-0.1, -0.05) is 45.0 Å². The summed E-state index contributed by atoms with van der Waals surface area (Å²) in [7, 11) is 0. The van der Waals surface area contributed by atoms with Crippen molar-refractivity contribution in [2.45, 2.75) is 58.5 Å². The second kappa shape index (κ2) is 4.81. The molecule has 1 fully saturated rings. The Hall–Kier alpha value is -0.820. The Balaban J connectivity index is 1.92. The first kappa shape index (κ1) is 12.6. The van der Waals surface area contributed by atoms with Crippen LogP contribution in [0.1, 0.15) is 69.6 Å². The van der Waals surface area contributed by atoms with Crippen molar-refractivity contribution in [2.75, 3.05) is 0 Å². The van der Waals surface area contributed by atoms with Crippen LogP contribution in [-0.4, -0.2) is 5.11 Å². The smallest absolute Gasteiger partial charge is 0.0790 e. The maximum Gasteiger partial charge on any atom is 0.0790 e. The SMILES string of the molecule is CC(C)(C)CCC(O)c1ccc(C2CC2)cc1. The summed E-state index contributed by atoms with van der Waals surface area (Å²) >= 11 is 0. The van der Waals surface area contributed by atoms with Gasteiger partial charge in [-0.2, -0.15) is 0 Å². The lowest BCUT2D eigenvalue weighted by Crippen LogP contribution is -2.08. The van der Waals surface area contributed by atoms with Gasteiger partial charge < -0.3 is 5.11 Å². The molecule has 0 radical (unpaired) electrons. The van der Waals surface area contributed by atoms with Gasteiger partial charge in [0.25, 0.3) is 0 Å². The van der Waals surface area contributed by atoms with E-state index in [1.54, 1.807) is 0 Å². The lowest BCUT2D eigenvalue weighted by Gasteiger charge is -2.20. The third kappa shape index (κ3) is 3.85. The average Bonchev–Trinajstić information content (AvgIpc) is 3.09. The number of hydrogen-bond acceptors (Lipinski definition) is 1. The minimum Gasteiger partial charge on any atom is -0.388 e. The van der Waals surface area contributed by atoms with Crippen LogP contribution in [0, 0.1) is 5.41 Å². The zero-order valence-corrected chi connectivity index (χ0v) is 11.2. The van der Waals surface area contributed by atoms with Gasteiger partial charge in [0, 0.05) is 0 Å². The molecule has 1 aromatic carbocycles. The molecule has 1 aliphatic carbocycles. The molecule has 0 aliphatic heterocycles. The third-order valence-corrected chi connectivity index (χ3v) is 3.54. The van der Waals surface area contributed by atoms with Crippen LogP contribution in [-0.2, 0) is 0 Å². The Morgan fingerprint density at radius 3 is 2.24 bits per heavy atom. The molecule has 2 rings (SSSR count). The zero-order valence-electron chi connectivity index (χ0n) is 11.2. The second-order valence-electron chi connectivity index (χ2n) is 6.56. The Morgan fingerprint density at radius 1 is 1.18 bits per heavy atom. The third-order valence-electron chi connectivity index (χ3n) is 3.54. The Bertz CT molecular complexity index is 354. The van der Waals surface area contributed by atoms with Gasteiger partial charge in [-0.3, -0.25) is 0 Å². The topological polar surface area (TPSA) is 20.2 Å². The van der Waals surface area contributed by atoms with Crippen LogP contribution in [0.4, 0.5) is 0 Å². The molecule has 0 bridgehead atoms. The fourth-order valence-corrected chi connectivity index (χ4v) is 2.14. The van der Waals surface area contributed by atoms with Crippen molar-refractivity contribution < 1.29 is 5.11 Å². The van der Waals surface area contributed by atoms with E-state index in [1.807, 2.05) is 0 Å². The largest absolute Gasteiger partial charge is 0.388 e. The minimum atomic E-state index is -0.303. The number of benzene rings is 1. The zero-order chi connectivity index (χ0) is 12.5. The van der Waals surface area contributed by atoms with Crippen LogP contribution >= 0.6 is 0 Å². The van der Waals surface area contributed by atoms with Gasteiger partial charge in [0.15, 0.2) is 0 Å². The maximum absolute atomic E-state index is 10.1. The predicted molar refractivity (Wildman–Crippen MR) is 72.1 cm³/mol. The Labute approximate surface area is 105 Å².